The second-order valence-electron chi connectivity index (χ2n) is 4.29. The highest BCUT2D eigenvalue weighted by molar-refractivity contribution is 5.94. The first kappa shape index (κ1) is 10.9. The fraction of sp³-hybridized carbons (Fsp3) is 0.385. The molecule has 0 aliphatic heterocycles. The quantitative estimate of drug-likeness (QED) is 0.468. The molecule has 1 aromatic carbocycles. The van der Waals surface area contributed by atoms with E-state index in [2.05, 4.69) is 4.99 Å². The van der Waals surface area contributed by atoms with Crippen LogP contribution in [0.1, 0.15) is 47.8 Å². The number of hydrogen-bond donors (Lipinski definition) is 1. The van der Waals surface area contributed by atoms with Gasteiger partial charge in [-0.05, 0) is 43.9 Å². The van der Waals surface area contributed by atoms with Crippen molar-refractivity contribution in [3.05, 3.63) is 34.9 Å². The first-order chi connectivity index (χ1) is 7.58. The lowest BCUT2D eigenvalue weighted by Gasteiger charge is -2.08. The Bertz CT molecular complexity index is 459. The summed E-state index contributed by atoms with van der Waals surface area (Å²) in [6, 6.07) is 6.02. The summed E-state index contributed by atoms with van der Waals surface area (Å²) in [5.74, 6) is 0.702. The fourth-order valence-electron chi connectivity index (χ4n) is 2.18. The van der Waals surface area contributed by atoms with Gasteiger partial charge in [-0.15, -0.1) is 0 Å². The number of aryl methyl sites for hydroxylation is 1. The van der Waals surface area contributed by atoms with Crippen LogP contribution in [0.2, 0.25) is 0 Å². The Labute approximate surface area is 95.4 Å². The SMILES string of the molecule is CC(=O)c1ccc2c(c1)[C@H](N=C(C)N)CC2. The smallest absolute Gasteiger partial charge is 0.159 e. The van der Waals surface area contributed by atoms with E-state index in [1.54, 1.807) is 13.8 Å². The number of carbonyl (C=O) groups is 1. The second-order valence-corrected chi connectivity index (χ2v) is 4.29. The summed E-state index contributed by atoms with van der Waals surface area (Å²) in [5, 5.41) is 0. The predicted octanol–water partition coefficient (Wildman–Crippen LogP) is 2.25. The molecule has 0 radical (unpaired) electrons. The molecule has 84 valence electrons. The highest BCUT2D eigenvalue weighted by atomic mass is 16.1. The largest absolute Gasteiger partial charge is 0.388 e. The minimum atomic E-state index is 0.0990. The normalized spacial score (nSPS) is 19.6. The van der Waals surface area contributed by atoms with Crippen LogP contribution >= 0.6 is 0 Å². The van der Waals surface area contributed by atoms with E-state index in [9.17, 15) is 4.79 Å². The fourth-order valence-corrected chi connectivity index (χ4v) is 2.18. The van der Waals surface area contributed by atoms with Crippen LogP contribution in [0.4, 0.5) is 0 Å². The average Bonchev–Trinajstić information content (AvgIpc) is 2.60. The van der Waals surface area contributed by atoms with Crippen molar-refractivity contribution in [2.75, 3.05) is 0 Å². The summed E-state index contributed by atoms with van der Waals surface area (Å²) in [7, 11) is 0. The van der Waals surface area contributed by atoms with Crippen LogP contribution in [-0.2, 0) is 6.42 Å². The number of ketones is 1. The Hall–Kier alpha value is -1.64. The number of benzene rings is 1. The zero-order valence-electron chi connectivity index (χ0n) is 9.66. The molecular formula is C13H16N2O. The van der Waals surface area contributed by atoms with Crippen molar-refractivity contribution in [2.45, 2.75) is 32.7 Å². The second kappa shape index (κ2) is 4.08. The maximum absolute atomic E-state index is 11.3. The Morgan fingerprint density at radius 3 is 2.81 bits per heavy atom. The predicted molar refractivity (Wildman–Crippen MR) is 64.8 cm³/mol. The van der Waals surface area contributed by atoms with E-state index in [-0.39, 0.29) is 11.8 Å². The van der Waals surface area contributed by atoms with Crippen molar-refractivity contribution in [1.82, 2.24) is 0 Å². The van der Waals surface area contributed by atoms with E-state index < -0.39 is 0 Å². The number of amidine groups is 1. The van der Waals surface area contributed by atoms with Crippen LogP contribution in [-0.4, -0.2) is 11.6 Å². The van der Waals surface area contributed by atoms with E-state index in [1.807, 2.05) is 18.2 Å². The Morgan fingerprint density at radius 1 is 1.44 bits per heavy atom. The molecule has 0 heterocycles. The molecule has 0 saturated heterocycles. The molecule has 1 atom stereocenters. The third-order valence-corrected chi connectivity index (χ3v) is 2.96. The van der Waals surface area contributed by atoms with Gasteiger partial charge in [0.15, 0.2) is 5.78 Å². The van der Waals surface area contributed by atoms with Gasteiger partial charge in [0.1, 0.15) is 0 Å². The Balaban J connectivity index is 2.41. The molecule has 3 heteroatoms. The molecular weight excluding hydrogens is 200 g/mol. The molecule has 0 fully saturated rings. The third-order valence-electron chi connectivity index (χ3n) is 2.96. The number of carbonyl (C=O) groups excluding carboxylic acids is 1. The van der Waals surface area contributed by atoms with E-state index in [0.29, 0.717) is 5.84 Å². The minimum absolute atomic E-state index is 0.0990. The van der Waals surface area contributed by atoms with Crippen molar-refractivity contribution in [1.29, 1.82) is 0 Å². The number of nitrogens with two attached hydrogens (primary N) is 1. The first-order valence-electron chi connectivity index (χ1n) is 5.51. The molecule has 0 amide bonds. The topological polar surface area (TPSA) is 55.5 Å². The van der Waals surface area contributed by atoms with Crippen LogP contribution in [0.5, 0.6) is 0 Å². The van der Waals surface area contributed by atoms with Gasteiger partial charge in [-0.1, -0.05) is 12.1 Å². The van der Waals surface area contributed by atoms with Crippen molar-refractivity contribution in [3.63, 3.8) is 0 Å². The molecule has 0 bridgehead atoms. The molecule has 0 aromatic heterocycles. The average molecular weight is 216 g/mol. The zero-order chi connectivity index (χ0) is 11.7. The molecule has 2 rings (SSSR count). The standard InChI is InChI=1S/C13H16N2O/c1-8(16)11-4-3-10-5-6-13(12(10)7-11)15-9(2)14/h3-4,7,13H,5-6H2,1-2H3,(H2,14,15)/t13-/m1/s1. The first-order valence-corrected chi connectivity index (χ1v) is 5.51. The van der Waals surface area contributed by atoms with Gasteiger partial charge in [-0.2, -0.15) is 0 Å². The van der Waals surface area contributed by atoms with Gasteiger partial charge in [-0.25, -0.2) is 0 Å². The molecule has 1 aliphatic carbocycles. The molecule has 0 spiro atoms. The Kier molecular flexibility index (Phi) is 2.77. The number of Topliss-reactive ketones (excluding diaryl/α,β-unsaturated/α-hetero) is 1. The molecule has 0 unspecified atom stereocenters. The van der Waals surface area contributed by atoms with E-state index in [4.69, 9.17) is 5.73 Å². The highest BCUT2D eigenvalue weighted by Gasteiger charge is 2.22. The van der Waals surface area contributed by atoms with E-state index >= 15 is 0 Å². The lowest BCUT2D eigenvalue weighted by atomic mass is 10.0. The third kappa shape index (κ3) is 1.98. The summed E-state index contributed by atoms with van der Waals surface area (Å²) >= 11 is 0. The summed E-state index contributed by atoms with van der Waals surface area (Å²) in [6.07, 6.45) is 2.01. The van der Waals surface area contributed by atoms with Crippen LogP contribution in [0, 0.1) is 0 Å². The van der Waals surface area contributed by atoms with Gasteiger partial charge in [0, 0.05) is 5.56 Å². The minimum Gasteiger partial charge on any atom is -0.388 e. The lowest BCUT2D eigenvalue weighted by Crippen LogP contribution is -2.07. The van der Waals surface area contributed by atoms with Crippen LogP contribution in [0.25, 0.3) is 0 Å². The van der Waals surface area contributed by atoms with E-state index in [0.717, 1.165) is 24.0 Å². The zero-order valence-corrected chi connectivity index (χ0v) is 9.66. The lowest BCUT2D eigenvalue weighted by molar-refractivity contribution is 0.101. The van der Waals surface area contributed by atoms with Crippen molar-refractivity contribution in [2.24, 2.45) is 10.7 Å². The van der Waals surface area contributed by atoms with Gasteiger partial charge in [0.25, 0.3) is 0 Å². The van der Waals surface area contributed by atoms with Crippen molar-refractivity contribution >= 4 is 11.6 Å². The molecule has 2 N–H and O–H groups in total. The molecule has 16 heavy (non-hydrogen) atoms. The number of rotatable bonds is 2. The molecule has 3 nitrogen and oxygen atoms in total. The highest BCUT2D eigenvalue weighted by Crippen LogP contribution is 2.34. The Morgan fingerprint density at radius 2 is 2.19 bits per heavy atom. The number of nitrogens with zero attached hydrogens (tertiary/aromatic N) is 1. The maximum atomic E-state index is 11.3. The summed E-state index contributed by atoms with van der Waals surface area (Å²) in [4.78, 5) is 15.7. The van der Waals surface area contributed by atoms with Gasteiger partial charge in [0.05, 0.1) is 11.9 Å². The maximum Gasteiger partial charge on any atom is 0.159 e. The van der Waals surface area contributed by atoms with Crippen LogP contribution in [0.3, 0.4) is 0 Å². The van der Waals surface area contributed by atoms with Crippen LogP contribution < -0.4 is 5.73 Å². The summed E-state index contributed by atoms with van der Waals surface area (Å²) in [5.41, 5.74) is 8.83. The number of aliphatic imine (C=N–C) groups is 1. The summed E-state index contributed by atoms with van der Waals surface area (Å²) in [6.45, 7) is 3.38. The van der Waals surface area contributed by atoms with Gasteiger partial charge in [0.2, 0.25) is 0 Å². The number of fused-ring (bicyclic) bond motifs is 1. The van der Waals surface area contributed by atoms with Crippen LogP contribution in [0.15, 0.2) is 23.2 Å². The molecule has 1 aliphatic rings. The monoisotopic (exact) mass is 216 g/mol. The molecule has 0 saturated carbocycles. The summed E-state index contributed by atoms with van der Waals surface area (Å²) < 4.78 is 0. The van der Waals surface area contributed by atoms with Crippen molar-refractivity contribution < 1.29 is 4.79 Å². The number of hydrogen-bond acceptors (Lipinski definition) is 2. The van der Waals surface area contributed by atoms with Gasteiger partial charge >= 0.3 is 0 Å². The van der Waals surface area contributed by atoms with Crippen molar-refractivity contribution in [3.8, 4) is 0 Å². The molecule has 1 aromatic rings. The van der Waals surface area contributed by atoms with Gasteiger partial charge in [-0.3, -0.25) is 9.79 Å². The van der Waals surface area contributed by atoms with Gasteiger partial charge < -0.3 is 5.73 Å². The van der Waals surface area contributed by atoms with E-state index in [1.165, 1.54) is 5.56 Å².